The van der Waals surface area contributed by atoms with Gasteiger partial charge in [0.2, 0.25) is 0 Å². The Balaban J connectivity index is 2.01. The Morgan fingerprint density at radius 3 is 2.41 bits per heavy atom. The third-order valence-corrected chi connectivity index (χ3v) is 3.73. The van der Waals surface area contributed by atoms with Crippen LogP contribution >= 0.6 is 0 Å². The number of aliphatic hydroxyl groups excluding tert-OH is 1. The van der Waals surface area contributed by atoms with Crippen LogP contribution in [0.15, 0.2) is 24.3 Å². The molecule has 2 atom stereocenters. The molecule has 2 unspecified atom stereocenters. The predicted molar refractivity (Wildman–Crippen MR) is 69.1 cm³/mol. The van der Waals surface area contributed by atoms with Crippen LogP contribution in [0.2, 0.25) is 0 Å². The fourth-order valence-corrected chi connectivity index (χ4v) is 2.33. The second-order valence-electron chi connectivity index (χ2n) is 4.90. The summed E-state index contributed by atoms with van der Waals surface area (Å²) in [5, 5.41) is 10.1. The van der Waals surface area contributed by atoms with E-state index in [9.17, 15) is 5.11 Å². The van der Waals surface area contributed by atoms with Crippen molar-refractivity contribution in [1.82, 2.24) is 0 Å². The molecule has 1 N–H and O–H groups in total. The summed E-state index contributed by atoms with van der Waals surface area (Å²) >= 11 is 0. The molecule has 2 nitrogen and oxygen atoms in total. The first-order valence-electron chi connectivity index (χ1n) is 6.62. The lowest BCUT2D eigenvalue weighted by Gasteiger charge is -2.26. The van der Waals surface area contributed by atoms with Gasteiger partial charge in [-0.1, -0.05) is 30.7 Å². The number of hydrogen-bond donors (Lipinski definition) is 1. The Kier molecular flexibility index (Phi) is 4.19. The van der Waals surface area contributed by atoms with E-state index in [0.717, 1.165) is 11.5 Å². The average molecular weight is 234 g/mol. The topological polar surface area (TPSA) is 29.5 Å². The van der Waals surface area contributed by atoms with Crippen LogP contribution in [-0.4, -0.2) is 17.8 Å². The number of aliphatic hydroxyl groups is 1. The van der Waals surface area contributed by atoms with E-state index in [0.29, 0.717) is 6.61 Å². The van der Waals surface area contributed by atoms with E-state index in [2.05, 4.69) is 12.1 Å². The van der Waals surface area contributed by atoms with Crippen LogP contribution in [-0.2, 0) is 4.74 Å². The molecule has 0 bridgehead atoms. The average Bonchev–Trinajstić information content (AvgIpc) is 2.27. The molecule has 0 aliphatic heterocycles. The summed E-state index contributed by atoms with van der Waals surface area (Å²) < 4.78 is 5.42. The molecule has 94 valence electrons. The van der Waals surface area contributed by atoms with E-state index in [4.69, 9.17) is 4.74 Å². The highest BCUT2D eigenvalue weighted by atomic mass is 16.5. The van der Waals surface area contributed by atoms with Gasteiger partial charge in [0.25, 0.3) is 0 Å². The molecule has 1 aliphatic rings. The van der Waals surface area contributed by atoms with Gasteiger partial charge >= 0.3 is 0 Å². The van der Waals surface area contributed by atoms with Gasteiger partial charge in [0.1, 0.15) is 6.10 Å². The zero-order chi connectivity index (χ0) is 12.3. The standard InChI is InChI=1S/C15H22O2/c1-3-17-11(2)15(16)14-9-7-13(8-10-14)12-5-4-6-12/h7-12,15-16H,3-6H2,1-2H3. The summed E-state index contributed by atoms with van der Waals surface area (Å²) in [6, 6.07) is 8.38. The number of ether oxygens (including phenoxy) is 1. The molecule has 0 spiro atoms. The molecule has 1 aromatic carbocycles. The SMILES string of the molecule is CCOC(C)C(O)c1ccc(C2CCC2)cc1. The van der Waals surface area contributed by atoms with Gasteiger partial charge in [-0.3, -0.25) is 0 Å². The lowest BCUT2D eigenvalue weighted by molar-refractivity contribution is -0.0227. The third kappa shape index (κ3) is 2.88. The lowest BCUT2D eigenvalue weighted by Crippen LogP contribution is -2.18. The number of hydrogen-bond acceptors (Lipinski definition) is 2. The van der Waals surface area contributed by atoms with Crippen molar-refractivity contribution in [2.24, 2.45) is 0 Å². The van der Waals surface area contributed by atoms with Gasteiger partial charge < -0.3 is 9.84 Å². The van der Waals surface area contributed by atoms with Gasteiger partial charge in [-0.05, 0) is 43.7 Å². The Hall–Kier alpha value is -0.860. The summed E-state index contributed by atoms with van der Waals surface area (Å²) in [5.74, 6) is 0.755. The van der Waals surface area contributed by atoms with E-state index < -0.39 is 6.10 Å². The molecule has 2 heteroatoms. The summed E-state index contributed by atoms with van der Waals surface area (Å²) in [6.07, 6.45) is 3.32. The van der Waals surface area contributed by atoms with Gasteiger partial charge in [-0.2, -0.15) is 0 Å². The van der Waals surface area contributed by atoms with Crippen molar-refractivity contribution < 1.29 is 9.84 Å². The monoisotopic (exact) mass is 234 g/mol. The van der Waals surface area contributed by atoms with Gasteiger partial charge in [0.05, 0.1) is 6.10 Å². The molecular formula is C15H22O2. The van der Waals surface area contributed by atoms with E-state index in [1.54, 1.807) is 0 Å². The summed E-state index contributed by atoms with van der Waals surface area (Å²) in [4.78, 5) is 0. The highest BCUT2D eigenvalue weighted by Gasteiger charge is 2.20. The number of benzene rings is 1. The molecule has 1 fully saturated rings. The van der Waals surface area contributed by atoms with Gasteiger partial charge in [-0.15, -0.1) is 0 Å². The molecule has 17 heavy (non-hydrogen) atoms. The molecule has 0 amide bonds. The smallest absolute Gasteiger partial charge is 0.105 e. The quantitative estimate of drug-likeness (QED) is 0.846. The molecule has 1 aliphatic carbocycles. The second kappa shape index (κ2) is 5.65. The van der Waals surface area contributed by atoms with Crippen LogP contribution in [0.4, 0.5) is 0 Å². The molecule has 0 heterocycles. The molecule has 1 aromatic rings. The normalized spacial score (nSPS) is 19.7. The first-order chi connectivity index (χ1) is 8.22. The van der Waals surface area contributed by atoms with E-state index in [1.165, 1.54) is 24.8 Å². The maximum Gasteiger partial charge on any atom is 0.105 e. The summed E-state index contributed by atoms with van der Waals surface area (Å²) in [5.41, 5.74) is 2.37. The van der Waals surface area contributed by atoms with Crippen LogP contribution in [0.3, 0.4) is 0 Å². The first kappa shape index (κ1) is 12.6. The molecule has 1 saturated carbocycles. The van der Waals surface area contributed by atoms with E-state index in [1.807, 2.05) is 26.0 Å². The first-order valence-corrected chi connectivity index (χ1v) is 6.62. The Morgan fingerprint density at radius 1 is 1.29 bits per heavy atom. The molecule has 0 saturated heterocycles. The fourth-order valence-electron chi connectivity index (χ4n) is 2.33. The maximum atomic E-state index is 10.1. The zero-order valence-corrected chi connectivity index (χ0v) is 10.7. The van der Waals surface area contributed by atoms with Gasteiger partial charge in [0, 0.05) is 6.61 Å². The van der Waals surface area contributed by atoms with Crippen LogP contribution in [0.1, 0.15) is 56.3 Å². The van der Waals surface area contributed by atoms with Crippen LogP contribution in [0.5, 0.6) is 0 Å². The predicted octanol–water partition coefficient (Wildman–Crippen LogP) is 3.41. The van der Waals surface area contributed by atoms with E-state index >= 15 is 0 Å². The van der Waals surface area contributed by atoms with Crippen LogP contribution in [0.25, 0.3) is 0 Å². The minimum Gasteiger partial charge on any atom is -0.386 e. The van der Waals surface area contributed by atoms with Crippen molar-refractivity contribution in [2.75, 3.05) is 6.61 Å². The largest absolute Gasteiger partial charge is 0.386 e. The van der Waals surface area contributed by atoms with Gasteiger partial charge in [0.15, 0.2) is 0 Å². The summed E-state index contributed by atoms with van der Waals surface area (Å²) in [6.45, 7) is 4.50. The Labute approximate surface area is 104 Å². The zero-order valence-electron chi connectivity index (χ0n) is 10.7. The Bertz CT molecular complexity index is 340. The molecule has 0 radical (unpaired) electrons. The second-order valence-corrected chi connectivity index (χ2v) is 4.90. The number of rotatable bonds is 5. The Morgan fingerprint density at radius 2 is 1.94 bits per heavy atom. The minimum atomic E-state index is -0.523. The highest BCUT2D eigenvalue weighted by molar-refractivity contribution is 5.28. The van der Waals surface area contributed by atoms with Crippen molar-refractivity contribution in [3.8, 4) is 0 Å². The van der Waals surface area contributed by atoms with Crippen molar-refractivity contribution in [2.45, 2.75) is 51.2 Å². The van der Waals surface area contributed by atoms with E-state index in [-0.39, 0.29) is 6.10 Å². The van der Waals surface area contributed by atoms with Crippen molar-refractivity contribution in [3.05, 3.63) is 35.4 Å². The van der Waals surface area contributed by atoms with Gasteiger partial charge in [-0.25, -0.2) is 0 Å². The fraction of sp³-hybridized carbons (Fsp3) is 0.600. The van der Waals surface area contributed by atoms with Crippen molar-refractivity contribution in [1.29, 1.82) is 0 Å². The van der Waals surface area contributed by atoms with Crippen molar-refractivity contribution in [3.63, 3.8) is 0 Å². The highest BCUT2D eigenvalue weighted by Crippen LogP contribution is 2.36. The third-order valence-electron chi connectivity index (χ3n) is 3.73. The molecular weight excluding hydrogens is 212 g/mol. The maximum absolute atomic E-state index is 10.1. The van der Waals surface area contributed by atoms with Crippen molar-refractivity contribution >= 4 is 0 Å². The lowest BCUT2D eigenvalue weighted by atomic mass is 9.80. The van der Waals surface area contributed by atoms with Crippen LogP contribution in [0, 0.1) is 0 Å². The molecule has 0 aromatic heterocycles. The molecule has 2 rings (SSSR count). The summed E-state index contributed by atoms with van der Waals surface area (Å²) in [7, 11) is 0. The minimum absolute atomic E-state index is 0.144. The van der Waals surface area contributed by atoms with Crippen LogP contribution < -0.4 is 0 Å².